The molecule has 17 heavy (non-hydrogen) atoms. The van der Waals surface area contributed by atoms with Gasteiger partial charge in [0.25, 0.3) is 0 Å². The highest BCUT2D eigenvalue weighted by Gasteiger charge is 2.08. The Bertz CT molecular complexity index is 503. The molecule has 1 aliphatic heterocycles. The molecule has 1 aliphatic rings. The molecule has 0 fully saturated rings. The summed E-state index contributed by atoms with van der Waals surface area (Å²) in [6, 6.07) is 6.26. The second kappa shape index (κ2) is 5.19. The van der Waals surface area contributed by atoms with Crippen LogP contribution >= 0.6 is 11.8 Å². The predicted octanol–water partition coefficient (Wildman–Crippen LogP) is 2.84. The van der Waals surface area contributed by atoms with Crippen molar-refractivity contribution in [2.24, 2.45) is 10.1 Å². The molecule has 0 saturated carbocycles. The molecule has 0 spiro atoms. The minimum atomic E-state index is 0.815. The highest BCUT2D eigenvalue weighted by molar-refractivity contribution is 8.14. The lowest BCUT2D eigenvalue weighted by molar-refractivity contribution is 1.05. The first-order valence-electron chi connectivity index (χ1n) is 5.41. The first-order chi connectivity index (χ1) is 8.15. The van der Waals surface area contributed by atoms with E-state index >= 15 is 0 Å². The minimum Gasteiger partial charge on any atom is -0.256 e. The Labute approximate surface area is 106 Å². The van der Waals surface area contributed by atoms with Crippen LogP contribution in [-0.4, -0.2) is 17.1 Å². The first kappa shape index (κ1) is 11.9. The molecule has 0 amide bonds. The summed E-state index contributed by atoms with van der Waals surface area (Å²) in [5.74, 6) is 0.849. The molecule has 0 aromatic heterocycles. The largest absolute Gasteiger partial charge is 0.256 e. The molecule has 1 heterocycles. The van der Waals surface area contributed by atoms with E-state index < -0.39 is 0 Å². The molecule has 4 heteroatoms. The fourth-order valence-electron chi connectivity index (χ4n) is 1.42. The van der Waals surface area contributed by atoms with Gasteiger partial charge in [0.1, 0.15) is 0 Å². The van der Waals surface area contributed by atoms with E-state index in [-0.39, 0.29) is 0 Å². The number of hydrazone groups is 1. The van der Waals surface area contributed by atoms with Gasteiger partial charge in [-0.3, -0.25) is 5.43 Å². The zero-order valence-corrected chi connectivity index (χ0v) is 10.8. The fourth-order valence-corrected chi connectivity index (χ4v) is 2.10. The summed E-state index contributed by atoms with van der Waals surface area (Å²) in [6.45, 7) is 7.99. The number of thioether (sulfide) groups is 1. The maximum atomic E-state index is 4.21. The van der Waals surface area contributed by atoms with Crippen molar-refractivity contribution in [3.05, 3.63) is 47.2 Å². The van der Waals surface area contributed by atoms with Crippen molar-refractivity contribution in [1.29, 1.82) is 0 Å². The van der Waals surface area contributed by atoms with Gasteiger partial charge in [-0.05, 0) is 30.5 Å². The average Bonchev–Trinajstić information content (AvgIpc) is 2.70. The van der Waals surface area contributed by atoms with Gasteiger partial charge in [0.15, 0.2) is 5.17 Å². The van der Waals surface area contributed by atoms with Gasteiger partial charge in [-0.25, -0.2) is 4.99 Å². The van der Waals surface area contributed by atoms with Crippen LogP contribution in [0, 0.1) is 13.8 Å². The lowest BCUT2D eigenvalue weighted by atomic mass is 10.1. The maximum Gasteiger partial charge on any atom is 0.182 e. The van der Waals surface area contributed by atoms with Crippen LogP contribution in [-0.2, 0) is 0 Å². The molecule has 88 valence electrons. The first-order valence-corrected chi connectivity index (χ1v) is 6.39. The number of nitrogens with zero attached hydrogens (tertiary/aromatic N) is 2. The van der Waals surface area contributed by atoms with Gasteiger partial charge in [-0.2, -0.15) is 5.10 Å². The maximum absolute atomic E-state index is 4.21. The van der Waals surface area contributed by atoms with Crippen LogP contribution in [0.25, 0.3) is 0 Å². The molecule has 0 bridgehead atoms. The predicted molar refractivity (Wildman–Crippen MR) is 75.7 cm³/mol. The van der Waals surface area contributed by atoms with Crippen LogP contribution in [0.3, 0.4) is 0 Å². The molecular formula is C13H15N3S. The number of benzene rings is 1. The fraction of sp³-hybridized carbons (Fsp3) is 0.231. The molecule has 1 aromatic rings. The van der Waals surface area contributed by atoms with E-state index in [9.17, 15) is 0 Å². The number of aryl methyl sites for hydroxylation is 2. The van der Waals surface area contributed by atoms with E-state index in [1.54, 1.807) is 18.0 Å². The number of aliphatic imine (C=N–C) groups is 1. The molecule has 0 atom stereocenters. The Hall–Kier alpha value is -1.55. The van der Waals surface area contributed by atoms with Crippen molar-refractivity contribution in [3.63, 3.8) is 0 Å². The third kappa shape index (κ3) is 3.20. The monoisotopic (exact) mass is 245 g/mol. The van der Waals surface area contributed by atoms with Crippen LogP contribution in [0.15, 0.2) is 40.6 Å². The normalized spacial score (nSPS) is 15.4. The third-order valence-corrected chi connectivity index (χ3v) is 3.47. The number of hydrogen-bond acceptors (Lipinski definition) is 4. The van der Waals surface area contributed by atoms with Gasteiger partial charge in [-0.15, -0.1) is 0 Å². The Morgan fingerprint density at radius 3 is 2.88 bits per heavy atom. The van der Waals surface area contributed by atoms with E-state index in [0.717, 1.165) is 22.2 Å². The van der Waals surface area contributed by atoms with Crippen LogP contribution in [0.2, 0.25) is 0 Å². The molecular weight excluding hydrogens is 230 g/mol. The Balaban J connectivity index is 1.98. The molecule has 0 unspecified atom stereocenters. The summed E-state index contributed by atoms with van der Waals surface area (Å²) in [4.78, 5) is 4.21. The molecule has 0 radical (unpaired) electrons. The van der Waals surface area contributed by atoms with Gasteiger partial charge >= 0.3 is 0 Å². The lowest BCUT2D eigenvalue weighted by Gasteiger charge is -2.00. The molecule has 0 saturated heterocycles. The molecule has 1 N–H and O–H groups in total. The highest BCUT2D eigenvalue weighted by atomic mass is 32.2. The Kier molecular flexibility index (Phi) is 3.64. The Morgan fingerprint density at radius 2 is 2.24 bits per heavy atom. The summed E-state index contributed by atoms with van der Waals surface area (Å²) in [6.07, 6.45) is 1.80. The number of hydrogen-bond donors (Lipinski definition) is 1. The van der Waals surface area contributed by atoms with Gasteiger partial charge in [0.2, 0.25) is 0 Å². The molecule has 1 aromatic carbocycles. The number of amidine groups is 1. The topological polar surface area (TPSA) is 36.8 Å². The second-order valence-electron chi connectivity index (χ2n) is 3.99. The van der Waals surface area contributed by atoms with Crippen LogP contribution in [0.4, 0.5) is 0 Å². The highest BCUT2D eigenvalue weighted by Crippen LogP contribution is 2.17. The average molecular weight is 245 g/mol. The summed E-state index contributed by atoms with van der Waals surface area (Å²) >= 11 is 1.62. The zero-order chi connectivity index (χ0) is 12.3. The zero-order valence-electron chi connectivity index (χ0n) is 10.0. The van der Waals surface area contributed by atoms with Crippen molar-refractivity contribution < 1.29 is 0 Å². The van der Waals surface area contributed by atoms with Crippen LogP contribution in [0.5, 0.6) is 0 Å². The molecule has 0 aliphatic carbocycles. The van der Waals surface area contributed by atoms with Gasteiger partial charge in [0, 0.05) is 11.4 Å². The van der Waals surface area contributed by atoms with Gasteiger partial charge < -0.3 is 0 Å². The van der Waals surface area contributed by atoms with E-state index in [1.807, 2.05) is 0 Å². The van der Waals surface area contributed by atoms with Crippen molar-refractivity contribution in [1.82, 2.24) is 5.43 Å². The third-order valence-electron chi connectivity index (χ3n) is 2.54. The van der Waals surface area contributed by atoms with Gasteiger partial charge in [-0.1, -0.05) is 36.5 Å². The smallest absolute Gasteiger partial charge is 0.182 e. The van der Waals surface area contributed by atoms with E-state index in [2.05, 4.69) is 54.1 Å². The summed E-state index contributed by atoms with van der Waals surface area (Å²) in [5, 5.41) is 4.98. The summed E-state index contributed by atoms with van der Waals surface area (Å²) in [5.41, 5.74) is 7.46. The number of rotatable bonds is 2. The standard InChI is InChI=1S/C13H15N3S/c1-9-4-5-12(6-10(9)2)7-14-16-13-15-11(3)8-17-13/h4-7H,3,8H2,1-2H3,(H,15,16)/b14-7+. The van der Waals surface area contributed by atoms with E-state index in [0.29, 0.717) is 0 Å². The quantitative estimate of drug-likeness (QED) is 0.642. The van der Waals surface area contributed by atoms with Crippen molar-refractivity contribution in [3.8, 4) is 0 Å². The lowest BCUT2D eigenvalue weighted by Crippen LogP contribution is -2.11. The van der Waals surface area contributed by atoms with E-state index in [1.165, 1.54) is 11.1 Å². The number of nitrogens with one attached hydrogen (secondary N) is 1. The molecule has 3 nitrogen and oxygen atoms in total. The Morgan fingerprint density at radius 1 is 1.41 bits per heavy atom. The van der Waals surface area contributed by atoms with Crippen molar-refractivity contribution in [2.45, 2.75) is 13.8 Å². The van der Waals surface area contributed by atoms with Crippen molar-refractivity contribution in [2.75, 3.05) is 5.75 Å². The van der Waals surface area contributed by atoms with E-state index in [4.69, 9.17) is 0 Å². The summed E-state index contributed by atoms with van der Waals surface area (Å²) < 4.78 is 0. The van der Waals surface area contributed by atoms with Crippen LogP contribution < -0.4 is 5.43 Å². The molecule has 2 rings (SSSR count). The second-order valence-corrected chi connectivity index (χ2v) is 4.95. The van der Waals surface area contributed by atoms with Crippen molar-refractivity contribution >= 4 is 23.1 Å². The summed E-state index contributed by atoms with van der Waals surface area (Å²) in [7, 11) is 0. The SMILES string of the molecule is C=C1CSC(N/N=C/c2ccc(C)c(C)c2)=N1. The van der Waals surface area contributed by atoms with Crippen LogP contribution in [0.1, 0.15) is 16.7 Å². The van der Waals surface area contributed by atoms with Gasteiger partial charge in [0.05, 0.1) is 6.21 Å². The minimum absolute atomic E-state index is 0.815.